The SMILES string of the molecule is C[C@H]1CN(c2cc(Oc3ccc(F)cc3Cl)ncn2)CCN1C(=O)C1CCCC1. The second-order valence-electron chi connectivity index (χ2n) is 7.70. The van der Waals surface area contributed by atoms with Crippen LogP contribution in [0.1, 0.15) is 32.6 Å². The summed E-state index contributed by atoms with van der Waals surface area (Å²) in [4.78, 5) is 25.4. The number of carbonyl (C=O) groups is 1. The van der Waals surface area contributed by atoms with E-state index in [9.17, 15) is 9.18 Å². The van der Waals surface area contributed by atoms with E-state index >= 15 is 0 Å². The van der Waals surface area contributed by atoms with Crippen LogP contribution < -0.4 is 9.64 Å². The maximum absolute atomic E-state index is 13.2. The highest BCUT2D eigenvalue weighted by atomic mass is 35.5. The Bertz CT molecular complexity index is 891. The van der Waals surface area contributed by atoms with Gasteiger partial charge in [-0.3, -0.25) is 4.79 Å². The van der Waals surface area contributed by atoms with E-state index in [4.69, 9.17) is 16.3 Å². The maximum Gasteiger partial charge on any atom is 0.226 e. The molecule has 29 heavy (non-hydrogen) atoms. The molecule has 1 saturated carbocycles. The summed E-state index contributed by atoms with van der Waals surface area (Å²) in [5.74, 6) is 1.47. The van der Waals surface area contributed by atoms with Crippen molar-refractivity contribution in [2.75, 3.05) is 24.5 Å². The summed E-state index contributed by atoms with van der Waals surface area (Å²) in [6, 6.07) is 5.80. The molecular formula is C21H24ClFN4O2. The van der Waals surface area contributed by atoms with Crippen molar-refractivity contribution in [2.24, 2.45) is 5.92 Å². The number of hydrogen-bond acceptors (Lipinski definition) is 5. The van der Waals surface area contributed by atoms with Gasteiger partial charge in [-0.2, -0.15) is 0 Å². The zero-order chi connectivity index (χ0) is 20.4. The molecule has 2 fully saturated rings. The summed E-state index contributed by atoms with van der Waals surface area (Å²) in [6.45, 7) is 4.17. The van der Waals surface area contributed by atoms with Crippen LogP contribution in [0.3, 0.4) is 0 Å². The Morgan fingerprint density at radius 2 is 2.00 bits per heavy atom. The average Bonchev–Trinajstić information content (AvgIpc) is 3.25. The fourth-order valence-electron chi connectivity index (χ4n) is 4.13. The Balaban J connectivity index is 1.43. The third-order valence-electron chi connectivity index (χ3n) is 5.67. The van der Waals surface area contributed by atoms with Gasteiger partial charge in [0.05, 0.1) is 5.02 Å². The van der Waals surface area contributed by atoms with E-state index in [2.05, 4.69) is 21.8 Å². The maximum atomic E-state index is 13.2. The van der Waals surface area contributed by atoms with Crippen LogP contribution in [0.25, 0.3) is 0 Å². The largest absolute Gasteiger partial charge is 0.437 e. The van der Waals surface area contributed by atoms with Gasteiger partial charge in [-0.25, -0.2) is 14.4 Å². The molecule has 1 aliphatic carbocycles. The highest BCUT2D eigenvalue weighted by molar-refractivity contribution is 6.32. The molecule has 4 rings (SSSR count). The molecule has 2 aromatic rings. The molecule has 1 saturated heterocycles. The number of piperazine rings is 1. The molecule has 1 aliphatic heterocycles. The normalized spacial score (nSPS) is 20.2. The van der Waals surface area contributed by atoms with Crippen LogP contribution in [0.5, 0.6) is 11.6 Å². The van der Waals surface area contributed by atoms with Gasteiger partial charge in [0.1, 0.15) is 23.7 Å². The van der Waals surface area contributed by atoms with E-state index in [0.29, 0.717) is 37.2 Å². The lowest BCUT2D eigenvalue weighted by atomic mass is 10.0. The van der Waals surface area contributed by atoms with Crippen LogP contribution >= 0.6 is 11.6 Å². The lowest BCUT2D eigenvalue weighted by Gasteiger charge is -2.41. The third-order valence-corrected chi connectivity index (χ3v) is 5.97. The molecule has 0 spiro atoms. The minimum absolute atomic E-state index is 0.114. The monoisotopic (exact) mass is 418 g/mol. The number of hydrogen-bond donors (Lipinski definition) is 0. The van der Waals surface area contributed by atoms with Crippen molar-refractivity contribution in [3.63, 3.8) is 0 Å². The van der Waals surface area contributed by atoms with E-state index in [1.165, 1.54) is 24.5 Å². The first-order valence-corrected chi connectivity index (χ1v) is 10.4. The van der Waals surface area contributed by atoms with Gasteiger partial charge in [0.25, 0.3) is 0 Å². The summed E-state index contributed by atoms with van der Waals surface area (Å²) in [5, 5.41) is 0.179. The number of nitrogens with zero attached hydrogens (tertiary/aromatic N) is 4. The Morgan fingerprint density at radius 1 is 1.21 bits per heavy atom. The van der Waals surface area contributed by atoms with Crippen LogP contribution in [-0.4, -0.2) is 46.5 Å². The van der Waals surface area contributed by atoms with Gasteiger partial charge in [0, 0.05) is 37.7 Å². The van der Waals surface area contributed by atoms with Gasteiger partial charge in [-0.05, 0) is 38.0 Å². The summed E-state index contributed by atoms with van der Waals surface area (Å²) < 4.78 is 18.9. The highest BCUT2D eigenvalue weighted by Crippen LogP contribution is 2.31. The summed E-state index contributed by atoms with van der Waals surface area (Å²) in [5.41, 5.74) is 0. The first kappa shape index (κ1) is 19.9. The van der Waals surface area contributed by atoms with Crippen molar-refractivity contribution in [2.45, 2.75) is 38.6 Å². The smallest absolute Gasteiger partial charge is 0.226 e. The summed E-state index contributed by atoms with van der Waals surface area (Å²) in [6.07, 6.45) is 5.79. The Hall–Kier alpha value is -2.41. The first-order valence-electron chi connectivity index (χ1n) is 10.0. The van der Waals surface area contributed by atoms with E-state index in [1.807, 2.05) is 4.90 Å². The van der Waals surface area contributed by atoms with Gasteiger partial charge in [0.15, 0.2) is 0 Å². The number of anilines is 1. The predicted octanol–water partition coefficient (Wildman–Crippen LogP) is 4.29. The van der Waals surface area contributed by atoms with Crippen LogP contribution in [-0.2, 0) is 4.79 Å². The lowest BCUT2D eigenvalue weighted by molar-refractivity contribution is -0.137. The van der Waals surface area contributed by atoms with Crippen LogP contribution in [0.2, 0.25) is 5.02 Å². The molecule has 2 aliphatic rings. The molecule has 0 radical (unpaired) electrons. The molecule has 0 bridgehead atoms. The van der Waals surface area contributed by atoms with Crippen molar-refractivity contribution >= 4 is 23.3 Å². The Morgan fingerprint density at radius 3 is 2.72 bits per heavy atom. The topological polar surface area (TPSA) is 58.6 Å². The molecule has 1 amide bonds. The number of carbonyl (C=O) groups excluding carboxylic acids is 1. The highest BCUT2D eigenvalue weighted by Gasteiger charge is 2.33. The van der Waals surface area contributed by atoms with Gasteiger partial charge < -0.3 is 14.5 Å². The molecule has 2 heterocycles. The molecule has 6 nitrogen and oxygen atoms in total. The fourth-order valence-corrected chi connectivity index (χ4v) is 4.34. The van der Waals surface area contributed by atoms with E-state index in [1.54, 1.807) is 6.07 Å². The van der Waals surface area contributed by atoms with Crippen LogP contribution in [0, 0.1) is 11.7 Å². The molecule has 1 aromatic heterocycles. The second-order valence-corrected chi connectivity index (χ2v) is 8.11. The molecule has 0 N–H and O–H groups in total. The zero-order valence-corrected chi connectivity index (χ0v) is 17.1. The van der Waals surface area contributed by atoms with Gasteiger partial charge in [0.2, 0.25) is 11.8 Å². The van der Waals surface area contributed by atoms with Crippen molar-refractivity contribution in [3.8, 4) is 11.6 Å². The van der Waals surface area contributed by atoms with Gasteiger partial charge >= 0.3 is 0 Å². The van der Waals surface area contributed by atoms with Crippen molar-refractivity contribution < 1.29 is 13.9 Å². The first-order chi connectivity index (χ1) is 14.0. The second kappa shape index (κ2) is 8.53. The molecular weight excluding hydrogens is 395 g/mol. The molecule has 0 unspecified atom stereocenters. The number of benzene rings is 1. The number of halogens is 2. The summed E-state index contributed by atoms with van der Waals surface area (Å²) >= 11 is 6.03. The summed E-state index contributed by atoms with van der Waals surface area (Å²) in [7, 11) is 0. The molecule has 1 atom stereocenters. The average molecular weight is 419 g/mol. The third kappa shape index (κ3) is 4.45. The zero-order valence-electron chi connectivity index (χ0n) is 16.4. The van der Waals surface area contributed by atoms with Crippen LogP contribution in [0.4, 0.5) is 10.2 Å². The number of aromatic nitrogens is 2. The van der Waals surface area contributed by atoms with E-state index < -0.39 is 5.82 Å². The fraction of sp³-hybridized carbons (Fsp3) is 0.476. The minimum Gasteiger partial charge on any atom is -0.437 e. The lowest BCUT2D eigenvalue weighted by Crippen LogP contribution is -2.55. The minimum atomic E-state index is -0.426. The molecule has 154 valence electrons. The number of ether oxygens (including phenoxy) is 1. The molecule has 1 aromatic carbocycles. The van der Waals surface area contributed by atoms with E-state index in [-0.39, 0.29) is 17.0 Å². The Labute approximate surface area is 174 Å². The Kier molecular flexibility index (Phi) is 5.85. The van der Waals surface area contributed by atoms with Crippen molar-refractivity contribution in [1.29, 1.82) is 0 Å². The van der Waals surface area contributed by atoms with Crippen LogP contribution in [0.15, 0.2) is 30.6 Å². The predicted molar refractivity (Wildman–Crippen MR) is 109 cm³/mol. The van der Waals surface area contributed by atoms with E-state index in [0.717, 1.165) is 31.5 Å². The van der Waals surface area contributed by atoms with Crippen molar-refractivity contribution in [1.82, 2.24) is 14.9 Å². The number of amides is 1. The van der Waals surface area contributed by atoms with Gasteiger partial charge in [-0.15, -0.1) is 0 Å². The molecule has 8 heteroatoms. The van der Waals surface area contributed by atoms with Gasteiger partial charge in [-0.1, -0.05) is 24.4 Å². The van der Waals surface area contributed by atoms with Crippen molar-refractivity contribution in [3.05, 3.63) is 41.4 Å². The standard InChI is InChI=1S/C21H24ClFN4O2/c1-14-12-26(8-9-27(14)21(28)15-4-2-3-5-15)19-11-20(25-13-24-19)29-18-7-6-16(23)10-17(18)22/h6-7,10-11,13-15H,2-5,8-9,12H2,1H3/t14-/m0/s1. The number of rotatable bonds is 4. The quantitative estimate of drug-likeness (QED) is 0.741.